The summed E-state index contributed by atoms with van der Waals surface area (Å²) < 4.78 is 12.9. The first-order chi connectivity index (χ1) is 13.1. The van der Waals surface area contributed by atoms with Crippen LogP contribution in [0.15, 0.2) is 54.6 Å². The molecule has 0 aliphatic heterocycles. The zero-order valence-electron chi connectivity index (χ0n) is 15.5. The van der Waals surface area contributed by atoms with Crippen molar-refractivity contribution in [2.45, 2.75) is 50.2 Å². The van der Waals surface area contributed by atoms with Crippen LogP contribution in [0.5, 0.6) is 0 Å². The Balaban J connectivity index is 1.25. The van der Waals surface area contributed by atoms with E-state index >= 15 is 0 Å². The van der Waals surface area contributed by atoms with Crippen LogP contribution in [0.1, 0.15) is 42.7 Å². The topological polar surface area (TPSA) is 67.1 Å². The number of nitrogens with one attached hydrogen (secondary N) is 2. The lowest BCUT2D eigenvalue weighted by molar-refractivity contribution is -0.122. The highest BCUT2D eigenvalue weighted by Gasteiger charge is 2.37. The maximum absolute atomic E-state index is 12.9. The predicted octanol–water partition coefficient (Wildman–Crippen LogP) is 3.09. The van der Waals surface area contributed by atoms with Crippen LogP contribution >= 0.6 is 0 Å². The lowest BCUT2D eigenvalue weighted by Gasteiger charge is -2.12. The smallest absolute Gasteiger partial charge is 0.237 e. The van der Waals surface area contributed by atoms with Gasteiger partial charge < -0.3 is 16.4 Å². The highest BCUT2D eigenvalue weighted by molar-refractivity contribution is 5.81. The number of nitrogens with two attached hydrogens (primary N) is 1. The monoisotopic (exact) mass is 369 g/mol. The van der Waals surface area contributed by atoms with E-state index in [4.69, 9.17) is 5.73 Å². The molecule has 144 valence electrons. The van der Waals surface area contributed by atoms with Crippen molar-refractivity contribution in [1.82, 2.24) is 10.6 Å². The largest absolute Gasteiger partial charge is 0.351 e. The second kappa shape index (κ2) is 9.62. The first-order valence-electron chi connectivity index (χ1n) is 9.69. The number of unbranched alkanes of at least 4 members (excludes halogenated alkanes) is 1. The van der Waals surface area contributed by atoms with E-state index in [9.17, 15) is 9.18 Å². The van der Waals surface area contributed by atoms with E-state index in [1.165, 1.54) is 24.1 Å². The summed E-state index contributed by atoms with van der Waals surface area (Å²) in [6.07, 6.45) is 3.80. The van der Waals surface area contributed by atoms with Crippen LogP contribution in [0.25, 0.3) is 0 Å². The van der Waals surface area contributed by atoms with Gasteiger partial charge in [0.1, 0.15) is 5.82 Å². The summed E-state index contributed by atoms with van der Waals surface area (Å²) in [5.74, 6) is 0.209. The van der Waals surface area contributed by atoms with Gasteiger partial charge in [-0.2, -0.15) is 0 Å². The molecule has 27 heavy (non-hydrogen) atoms. The molecule has 1 unspecified atom stereocenters. The minimum absolute atomic E-state index is 0.154. The molecule has 0 radical (unpaired) electrons. The van der Waals surface area contributed by atoms with E-state index in [1.54, 1.807) is 12.1 Å². The van der Waals surface area contributed by atoms with Crippen molar-refractivity contribution in [3.05, 3.63) is 71.5 Å². The molecule has 5 heteroatoms. The Morgan fingerprint density at radius 1 is 1.11 bits per heavy atom. The average molecular weight is 369 g/mol. The van der Waals surface area contributed by atoms with Crippen LogP contribution < -0.4 is 16.4 Å². The predicted molar refractivity (Wildman–Crippen MR) is 106 cm³/mol. The minimum Gasteiger partial charge on any atom is -0.351 e. The van der Waals surface area contributed by atoms with Crippen molar-refractivity contribution in [3.8, 4) is 0 Å². The quantitative estimate of drug-likeness (QED) is 0.564. The third-order valence-electron chi connectivity index (χ3n) is 5.08. The summed E-state index contributed by atoms with van der Waals surface area (Å²) in [7, 11) is 0. The molecule has 3 rings (SSSR count). The van der Waals surface area contributed by atoms with Crippen molar-refractivity contribution in [2.24, 2.45) is 5.73 Å². The van der Waals surface area contributed by atoms with Crippen molar-refractivity contribution < 1.29 is 9.18 Å². The second-order valence-corrected chi connectivity index (χ2v) is 7.26. The van der Waals surface area contributed by atoms with Gasteiger partial charge in [-0.3, -0.25) is 4.79 Å². The molecule has 0 bridgehead atoms. The Labute approximate surface area is 160 Å². The van der Waals surface area contributed by atoms with Crippen LogP contribution in [0.3, 0.4) is 0 Å². The number of carbonyl (C=O) groups is 1. The van der Waals surface area contributed by atoms with E-state index in [0.29, 0.717) is 24.9 Å². The summed E-state index contributed by atoms with van der Waals surface area (Å²) in [6.45, 7) is 1.33. The van der Waals surface area contributed by atoms with Crippen LogP contribution in [-0.2, 0) is 11.3 Å². The Morgan fingerprint density at radius 3 is 2.59 bits per heavy atom. The Kier molecular flexibility index (Phi) is 6.96. The lowest BCUT2D eigenvalue weighted by Crippen LogP contribution is -2.40. The van der Waals surface area contributed by atoms with Gasteiger partial charge in [0.05, 0.1) is 6.04 Å². The summed E-state index contributed by atoms with van der Waals surface area (Å²) in [5.41, 5.74) is 8.24. The molecule has 2 aromatic rings. The third kappa shape index (κ3) is 6.15. The van der Waals surface area contributed by atoms with Gasteiger partial charge in [0.2, 0.25) is 5.91 Å². The zero-order chi connectivity index (χ0) is 19.1. The number of hydrogen-bond donors (Lipinski definition) is 3. The number of rotatable bonds is 10. The third-order valence-corrected chi connectivity index (χ3v) is 5.08. The molecule has 1 fully saturated rings. The molecule has 4 nitrogen and oxygen atoms in total. The molecule has 1 amide bonds. The fraction of sp³-hybridized carbons (Fsp3) is 0.409. The van der Waals surface area contributed by atoms with Crippen LogP contribution in [0.4, 0.5) is 4.39 Å². The average Bonchev–Trinajstić information content (AvgIpc) is 3.47. The first-order valence-corrected chi connectivity index (χ1v) is 9.69. The molecule has 0 spiro atoms. The van der Waals surface area contributed by atoms with Gasteiger partial charge in [0.25, 0.3) is 0 Å². The van der Waals surface area contributed by atoms with E-state index in [1.807, 2.05) is 6.07 Å². The molecule has 1 aliphatic rings. The minimum atomic E-state index is -0.497. The molecule has 4 N–H and O–H groups in total. The maximum Gasteiger partial charge on any atom is 0.237 e. The number of amides is 1. The lowest BCUT2D eigenvalue weighted by atomic mass is 10.1. The fourth-order valence-electron chi connectivity index (χ4n) is 3.32. The maximum atomic E-state index is 12.9. The standard InChI is InChI=1S/C22H28FN3O/c23-18-11-9-16(10-12-18)15-26-22(27)20(24)8-4-5-13-25-21-14-19(21)17-6-2-1-3-7-17/h1-3,6-7,9-12,19-21,25H,4-5,8,13-15,24H2,(H,26,27)/t19-,20?,21+/m0/s1. The fourth-order valence-corrected chi connectivity index (χ4v) is 3.32. The molecular formula is C22H28FN3O. The zero-order valence-corrected chi connectivity index (χ0v) is 15.5. The van der Waals surface area contributed by atoms with E-state index in [-0.39, 0.29) is 11.7 Å². The van der Waals surface area contributed by atoms with Crippen molar-refractivity contribution >= 4 is 5.91 Å². The van der Waals surface area contributed by atoms with Gasteiger partial charge in [-0.15, -0.1) is 0 Å². The second-order valence-electron chi connectivity index (χ2n) is 7.26. The summed E-state index contributed by atoms with van der Waals surface area (Å²) in [5, 5.41) is 6.40. The van der Waals surface area contributed by atoms with E-state index in [2.05, 4.69) is 34.9 Å². The SMILES string of the molecule is NC(CCCCN[C@@H]1C[C@H]1c1ccccc1)C(=O)NCc1ccc(F)cc1. The van der Waals surface area contributed by atoms with Gasteiger partial charge in [0, 0.05) is 18.5 Å². The Bertz CT molecular complexity index is 720. The normalized spacial score (nSPS) is 19.5. The van der Waals surface area contributed by atoms with Crippen LogP contribution in [-0.4, -0.2) is 24.5 Å². The van der Waals surface area contributed by atoms with Crippen LogP contribution in [0, 0.1) is 5.82 Å². The summed E-state index contributed by atoms with van der Waals surface area (Å²) in [6, 6.07) is 16.8. The highest BCUT2D eigenvalue weighted by Crippen LogP contribution is 2.40. The van der Waals surface area contributed by atoms with Crippen molar-refractivity contribution in [2.75, 3.05) is 6.54 Å². The first kappa shape index (κ1) is 19.5. The Morgan fingerprint density at radius 2 is 1.85 bits per heavy atom. The number of halogens is 1. The molecule has 0 heterocycles. The number of carbonyl (C=O) groups excluding carboxylic acids is 1. The molecule has 0 saturated heterocycles. The molecule has 2 aromatic carbocycles. The molecule has 1 saturated carbocycles. The number of benzene rings is 2. The van der Waals surface area contributed by atoms with E-state index in [0.717, 1.165) is 24.9 Å². The summed E-state index contributed by atoms with van der Waals surface area (Å²) in [4.78, 5) is 12.0. The van der Waals surface area contributed by atoms with E-state index < -0.39 is 6.04 Å². The summed E-state index contributed by atoms with van der Waals surface area (Å²) >= 11 is 0. The Hall–Kier alpha value is -2.24. The number of hydrogen-bond acceptors (Lipinski definition) is 3. The van der Waals surface area contributed by atoms with Crippen LogP contribution in [0.2, 0.25) is 0 Å². The molecular weight excluding hydrogens is 341 g/mol. The van der Waals surface area contributed by atoms with Gasteiger partial charge >= 0.3 is 0 Å². The van der Waals surface area contributed by atoms with Gasteiger partial charge in [-0.05, 0) is 49.1 Å². The van der Waals surface area contributed by atoms with Gasteiger partial charge in [0.15, 0.2) is 0 Å². The van der Waals surface area contributed by atoms with Crippen molar-refractivity contribution in [3.63, 3.8) is 0 Å². The highest BCUT2D eigenvalue weighted by atomic mass is 19.1. The van der Waals surface area contributed by atoms with Gasteiger partial charge in [-0.1, -0.05) is 48.9 Å². The molecule has 0 aromatic heterocycles. The molecule has 3 atom stereocenters. The van der Waals surface area contributed by atoms with Gasteiger partial charge in [-0.25, -0.2) is 4.39 Å². The molecule has 1 aliphatic carbocycles. The van der Waals surface area contributed by atoms with Crippen molar-refractivity contribution in [1.29, 1.82) is 0 Å².